The molecule has 2 heterocycles. The number of hydrogen-bond donors (Lipinski definition) is 0. The third kappa shape index (κ3) is 2.82. The third-order valence-electron chi connectivity index (χ3n) is 2.55. The first-order valence-corrected chi connectivity index (χ1v) is 5.84. The van der Waals surface area contributed by atoms with Gasteiger partial charge in [-0.05, 0) is 0 Å². The molecule has 5 heteroatoms. The van der Waals surface area contributed by atoms with Gasteiger partial charge < -0.3 is 18.1 Å². The van der Waals surface area contributed by atoms with E-state index >= 15 is 0 Å². The summed E-state index contributed by atoms with van der Waals surface area (Å²) < 4.78 is 21.5. The van der Waals surface area contributed by atoms with Crippen LogP contribution in [0.1, 0.15) is 0 Å². The van der Waals surface area contributed by atoms with Gasteiger partial charge in [-0.2, -0.15) is 0 Å². The van der Waals surface area contributed by atoms with E-state index in [9.17, 15) is 0 Å². The van der Waals surface area contributed by atoms with Gasteiger partial charge in [0.05, 0.1) is 12.5 Å². The summed E-state index contributed by atoms with van der Waals surface area (Å²) in [6, 6.07) is 13.1. The third-order valence-corrected chi connectivity index (χ3v) is 2.55. The minimum Gasteiger partial charge on any atom is -0.520 e. The fraction of sp³-hybridized carbons (Fsp3) is 0. The summed E-state index contributed by atoms with van der Waals surface area (Å²) in [6.07, 6.45) is 6.15. The second-order valence-electron chi connectivity index (χ2n) is 3.90. The standard InChI is InChI=1S/C14H11BO4/c1-2-4-12(5-3-1)15(18-13-6-8-16-10-13)19-14-7-9-17-11-14/h1-11H. The SMILES string of the molecule is c1ccc(B(Oc2ccoc2)Oc2ccoc2)cc1. The molecule has 3 rings (SSSR count). The van der Waals surface area contributed by atoms with E-state index in [2.05, 4.69) is 0 Å². The molecular formula is C14H11BO4. The van der Waals surface area contributed by atoms with Gasteiger partial charge in [0.1, 0.15) is 24.0 Å². The highest BCUT2D eigenvalue weighted by atomic mass is 16.6. The second kappa shape index (κ2) is 5.39. The van der Waals surface area contributed by atoms with Crippen LogP contribution in [0.25, 0.3) is 0 Å². The van der Waals surface area contributed by atoms with Gasteiger partial charge in [0.25, 0.3) is 0 Å². The molecule has 0 aliphatic carbocycles. The lowest BCUT2D eigenvalue weighted by molar-refractivity contribution is 0.427. The Balaban J connectivity index is 1.83. The number of benzene rings is 1. The van der Waals surface area contributed by atoms with Crippen molar-refractivity contribution in [3.63, 3.8) is 0 Å². The highest BCUT2D eigenvalue weighted by molar-refractivity contribution is 6.62. The molecule has 0 spiro atoms. The van der Waals surface area contributed by atoms with Crippen molar-refractivity contribution in [2.45, 2.75) is 0 Å². The molecule has 0 N–H and O–H groups in total. The van der Waals surface area contributed by atoms with E-state index in [4.69, 9.17) is 18.1 Å². The fourth-order valence-corrected chi connectivity index (χ4v) is 1.66. The van der Waals surface area contributed by atoms with Crippen molar-refractivity contribution in [3.05, 3.63) is 67.5 Å². The molecule has 2 aromatic heterocycles. The number of hydrogen-bond acceptors (Lipinski definition) is 4. The van der Waals surface area contributed by atoms with E-state index in [1.807, 2.05) is 30.3 Å². The number of furan rings is 2. The Labute approximate surface area is 110 Å². The molecule has 4 nitrogen and oxygen atoms in total. The van der Waals surface area contributed by atoms with Crippen LogP contribution in [0.5, 0.6) is 11.5 Å². The van der Waals surface area contributed by atoms with E-state index < -0.39 is 7.12 Å². The van der Waals surface area contributed by atoms with Crippen LogP contribution in [-0.4, -0.2) is 7.12 Å². The zero-order valence-electron chi connectivity index (χ0n) is 10.1. The first kappa shape index (κ1) is 11.5. The maximum atomic E-state index is 5.76. The first-order chi connectivity index (χ1) is 9.42. The molecule has 0 radical (unpaired) electrons. The molecule has 0 aliphatic rings. The highest BCUT2D eigenvalue weighted by Crippen LogP contribution is 2.15. The van der Waals surface area contributed by atoms with Crippen LogP contribution >= 0.6 is 0 Å². The molecule has 0 amide bonds. The molecule has 19 heavy (non-hydrogen) atoms. The summed E-state index contributed by atoms with van der Waals surface area (Å²) in [5.41, 5.74) is 0.907. The topological polar surface area (TPSA) is 44.7 Å². The smallest absolute Gasteiger partial charge is 0.520 e. The quantitative estimate of drug-likeness (QED) is 0.656. The van der Waals surface area contributed by atoms with Crippen molar-refractivity contribution < 1.29 is 18.1 Å². The first-order valence-electron chi connectivity index (χ1n) is 5.84. The van der Waals surface area contributed by atoms with Crippen LogP contribution in [-0.2, 0) is 0 Å². The zero-order chi connectivity index (χ0) is 12.9. The lowest BCUT2D eigenvalue weighted by Gasteiger charge is -2.14. The van der Waals surface area contributed by atoms with Gasteiger partial charge in [0.15, 0.2) is 0 Å². The lowest BCUT2D eigenvalue weighted by atomic mass is 9.78. The largest absolute Gasteiger partial charge is 0.632 e. The van der Waals surface area contributed by atoms with Gasteiger partial charge in [-0.1, -0.05) is 30.3 Å². The van der Waals surface area contributed by atoms with Crippen LogP contribution in [0.2, 0.25) is 0 Å². The van der Waals surface area contributed by atoms with Crippen molar-refractivity contribution in [2.24, 2.45) is 0 Å². The second-order valence-corrected chi connectivity index (χ2v) is 3.90. The normalized spacial score (nSPS) is 10.1. The summed E-state index contributed by atoms with van der Waals surface area (Å²) >= 11 is 0. The molecule has 0 unspecified atom stereocenters. The summed E-state index contributed by atoms with van der Waals surface area (Å²) in [5.74, 6) is 1.22. The van der Waals surface area contributed by atoms with Crippen LogP contribution in [0.15, 0.2) is 76.4 Å². The van der Waals surface area contributed by atoms with E-state index in [-0.39, 0.29) is 0 Å². The highest BCUT2D eigenvalue weighted by Gasteiger charge is 2.26. The molecular weight excluding hydrogens is 243 g/mol. The Kier molecular flexibility index (Phi) is 3.27. The minimum absolute atomic E-state index is 0.559. The molecule has 0 saturated carbocycles. The van der Waals surface area contributed by atoms with Gasteiger partial charge in [-0.25, -0.2) is 0 Å². The van der Waals surface area contributed by atoms with E-state index in [0.717, 1.165) is 5.46 Å². The van der Waals surface area contributed by atoms with Crippen LogP contribution < -0.4 is 14.8 Å². The lowest BCUT2D eigenvalue weighted by Crippen LogP contribution is -2.42. The summed E-state index contributed by atoms with van der Waals surface area (Å²) in [7, 11) is -0.559. The Morgan fingerprint density at radius 3 is 1.79 bits per heavy atom. The van der Waals surface area contributed by atoms with Crippen LogP contribution in [0.4, 0.5) is 0 Å². The molecule has 94 valence electrons. The van der Waals surface area contributed by atoms with Crippen molar-refractivity contribution in [1.29, 1.82) is 0 Å². The maximum absolute atomic E-state index is 5.76. The van der Waals surface area contributed by atoms with E-state index in [1.165, 1.54) is 12.5 Å². The Hall–Kier alpha value is -2.56. The Morgan fingerprint density at radius 1 is 0.737 bits per heavy atom. The Bertz CT molecular complexity index is 553. The molecule has 0 fully saturated rings. The average molecular weight is 254 g/mol. The van der Waals surface area contributed by atoms with Crippen molar-refractivity contribution in [2.75, 3.05) is 0 Å². The van der Waals surface area contributed by atoms with Crippen LogP contribution in [0, 0.1) is 0 Å². The molecule has 1 aromatic carbocycles. The zero-order valence-corrected chi connectivity index (χ0v) is 10.1. The Morgan fingerprint density at radius 2 is 1.32 bits per heavy atom. The van der Waals surface area contributed by atoms with Crippen molar-refractivity contribution in [3.8, 4) is 11.5 Å². The van der Waals surface area contributed by atoms with Crippen LogP contribution in [0.3, 0.4) is 0 Å². The van der Waals surface area contributed by atoms with Crippen molar-refractivity contribution in [1.82, 2.24) is 0 Å². The van der Waals surface area contributed by atoms with Gasteiger partial charge in [-0.15, -0.1) is 0 Å². The minimum atomic E-state index is -0.559. The van der Waals surface area contributed by atoms with E-state index in [1.54, 1.807) is 24.7 Å². The van der Waals surface area contributed by atoms with Gasteiger partial charge in [0.2, 0.25) is 0 Å². The van der Waals surface area contributed by atoms with Gasteiger partial charge in [0, 0.05) is 17.6 Å². The molecule has 0 aliphatic heterocycles. The predicted molar refractivity (Wildman–Crippen MR) is 70.5 cm³/mol. The molecule has 0 bridgehead atoms. The van der Waals surface area contributed by atoms with Gasteiger partial charge >= 0.3 is 7.12 Å². The monoisotopic (exact) mass is 254 g/mol. The maximum Gasteiger partial charge on any atom is 0.632 e. The predicted octanol–water partition coefficient (Wildman–Crippen LogP) is 2.73. The summed E-state index contributed by atoms with van der Waals surface area (Å²) in [6.45, 7) is 0. The van der Waals surface area contributed by atoms with E-state index in [0.29, 0.717) is 11.5 Å². The van der Waals surface area contributed by atoms with Crippen molar-refractivity contribution >= 4 is 12.6 Å². The summed E-state index contributed by atoms with van der Waals surface area (Å²) in [4.78, 5) is 0. The average Bonchev–Trinajstić information content (AvgIpc) is 3.12. The van der Waals surface area contributed by atoms with Gasteiger partial charge in [-0.3, -0.25) is 0 Å². The molecule has 0 saturated heterocycles. The summed E-state index contributed by atoms with van der Waals surface area (Å²) in [5, 5.41) is 0. The fourth-order valence-electron chi connectivity index (χ4n) is 1.66. The molecule has 3 aromatic rings. The molecule has 0 atom stereocenters. The number of rotatable bonds is 5.